The van der Waals surface area contributed by atoms with Crippen molar-refractivity contribution >= 4 is 5.84 Å². The molecule has 0 unspecified atom stereocenters. The Labute approximate surface area is 119 Å². The Bertz CT molecular complexity index is 627. The summed E-state index contributed by atoms with van der Waals surface area (Å²) in [5, 5.41) is 7.58. The van der Waals surface area contributed by atoms with Gasteiger partial charge >= 0.3 is 0 Å². The molecule has 0 aliphatic carbocycles. The van der Waals surface area contributed by atoms with Crippen LogP contribution in [0.5, 0.6) is 11.5 Å². The molecule has 3 N–H and O–H groups in total. The van der Waals surface area contributed by atoms with Crippen LogP contribution < -0.4 is 10.5 Å². The summed E-state index contributed by atoms with van der Waals surface area (Å²) in [4.78, 5) is 0. The summed E-state index contributed by atoms with van der Waals surface area (Å²) in [7, 11) is 0. The second-order valence-corrected chi connectivity index (χ2v) is 5.79. The molecule has 0 heterocycles. The number of nitrogens with one attached hydrogen (secondary N) is 1. The maximum absolute atomic E-state index is 7.58. The maximum Gasteiger partial charge on any atom is 0.138 e. The minimum absolute atomic E-state index is 0.00701. The molecule has 0 aromatic heterocycles. The molecule has 2 rings (SSSR count). The Hall–Kier alpha value is -2.29. The van der Waals surface area contributed by atoms with E-state index in [4.69, 9.17) is 15.9 Å². The van der Waals surface area contributed by atoms with E-state index in [1.165, 1.54) is 5.56 Å². The number of amidine groups is 1. The normalized spacial score (nSPS) is 11.2. The first-order valence-corrected chi connectivity index (χ1v) is 6.60. The molecule has 3 nitrogen and oxygen atoms in total. The number of ether oxygens (including phenoxy) is 1. The van der Waals surface area contributed by atoms with E-state index in [9.17, 15) is 0 Å². The minimum atomic E-state index is 0.00701. The van der Waals surface area contributed by atoms with Crippen molar-refractivity contribution in [1.82, 2.24) is 0 Å². The van der Waals surface area contributed by atoms with E-state index in [2.05, 4.69) is 26.8 Å². The molecule has 2 aromatic rings. The smallest absolute Gasteiger partial charge is 0.138 e. The van der Waals surface area contributed by atoms with Gasteiger partial charge in [0.1, 0.15) is 17.3 Å². The fourth-order valence-electron chi connectivity index (χ4n) is 1.93. The zero-order valence-electron chi connectivity index (χ0n) is 12.1. The fraction of sp³-hybridized carbons (Fsp3) is 0.235. The number of rotatable bonds is 3. The molecule has 0 aliphatic heterocycles. The molecule has 3 heteroatoms. The molecule has 20 heavy (non-hydrogen) atoms. The second kappa shape index (κ2) is 5.37. The summed E-state index contributed by atoms with van der Waals surface area (Å²) in [6, 6.07) is 15.3. The molecule has 0 radical (unpaired) electrons. The Morgan fingerprint density at radius 3 is 2.40 bits per heavy atom. The van der Waals surface area contributed by atoms with Crippen LogP contribution >= 0.6 is 0 Å². The van der Waals surface area contributed by atoms with Crippen molar-refractivity contribution in [2.24, 2.45) is 5.73 Å². The Kier molecular flexibility index (Phi) is 3.79. The van der Waals surface area contributed by atoms with E-state index >= 15 is 0 Å². The minimum Gasteiger partial charge on any atom is -0.457 e. The largest absolute Gasteiger partial charge is 0.457 e. The predicted octanol–water partition coefficient (Wildman–Crippen LogP) is 4.06. The number of benzene rings is 2. The summed E-state index contributed by atoms with van der Waals surface area (Å²) in [5.74, 6) is 1.37. The van der Waals surface area contributed by atoms with Gasteiger partial charge in [-0.1, -0.05) is 45.0 Å². The van der Waals surface area contributed by atoms with Crippen LogP contribution in [-0.4, -0.2) is 5.84 Å². The highest BCUT2D eigenvalue weighted by molar-refractivity contribution is 5.97. The third-order valence-electron chi connectivity index (χ3n) is 3.11. The van der Waals surface area contributed by atoms with Gasteiger partial charge in [-0.25, -0.2) is 0 Å². The van der Waals surface area contributed by atoms with Gasteiger partial charge in [-0.2, -0.15) is 0 Å². The molecule has 0 aliphatic rings. The van der Waals surface area contributed by atoms with E-state index in [0.717, 1.165) is 5.75 Å². The highest BCUT2D eigenvalue weighted by Crippen LogP contribution is 2.29. The average molecular weight is 268 g/mol. The van der Waals surface area contributed by atoms with Crippen molar-refractivity contribution in [2.45, 2.75) is 26.2 Å². The molecule has 0 spiro atoms. The topological polar surface area (TPSA) is 59.1 Å². The van der Waals surface area contributed by atoms with Gasteiger partial charge in [0.25, 0.3) is 0 Å². The molecular formula is C17H20N2O. The highest BCUT2D eigenvalue weighted by atomic mass is 16.5. The van der Waals surface area contributed by atoms with Crippen molar-refractivity contribution in [3.8, 4) is 11.5 Å². The lowest BCUT2D eigenvalue weighted by Crippen LogP contribution is -2.12. The van der Waals surface area contributed by atoms with Crippen molar-refractivity contribution in [2.75, 3.05) is 0 Å². The average Bonchev–Trinajstić information content (AvgIpc) is 2.38. The van der Waals surface area contributed by atoms with Crippen LogP contribution in [0.15, 0.2) is 48.5 Å². The summed E-state index contributed by atoms with van der Waals surface area (Å²) >= 11 is 0. The maximum atomic E-state index is 7.58. The molecule has 0 atom stereocenters. The van der Waals surface area contributed by atoms with Crippen LogP contribution in [0.4, 0.5) is 0 Å². The number of nitrogen functional groups attached to an aromatic ring is 1. The van der Waals surface area contributed by atoms with Crippen LogP contribution in [0.25, 0.3) is 0 Å². The number of nitrogens with two attached hydrogens (primary N) is 1. The van der Waals surface area contributed by atoms with Gasteiger partial charge in [0.15, 0.2) is 0 Å². The lowest BCUT2D eigenvalue weighted by molar-refractivity contribution is 0.477. The summed E-state index contributed by atoms with van der Waals surface area (Å²) in [6.45, 7) is 6.49. The standard InChI is InChI=1S/C17H20N2O/c1-17(2,3)12-7-6-8-13(11-12)20-15-10-5-4-9-14(15)16(18)19/h4-11H,1-3H3,(H3,18,19). The Morgan fingerprint density at radius 2 is 1.75 bits per heavy atom. The van der Waals surface area contributed by atoms with Crippen molar-refractivity contribution < 1.29 is 4.74 Å². The molecule has 2 aromatic carbocycles. The summed E-state index contributed by atoms with van der Waals surface area (Å²) in [5.41, 5.74) is 7.45. The molecule has 0 bridgehead atoms. The monoisotopic (exact) mass is 268 g/mol. The van der Waals surface area contributed by atoms with Gasteiger partial charge < -0.3 is 10.5 Å². The van der Waals surface area contributed by atoms with E-state index in [-0.39, 0.29) is 11.3 Å². The van der Waals surface area contributed by atoms with Crippen LogP contribution in [0.3, 0.4) is 0 Å². The van der Waals surface area contributed by atoms with Crippen LogP contribution in [0.1, 0.15) is 31.9 Å². The quantitative estimate of drug-likeness (QED) is 0.651. The van der Waals surface area contributed by atoms with Crippen LogP contribution in [0, 0.1) is 5.41 Å². The van der Waals surface area contributed by atoms with E-state index in [1.807, 2.05) is 36.4 Å². The number of hydrogen-bond donors (Lipinski definition) is 2. The van der Waals surface area contributed by atoms with Gasteiger partial charge in [-0.15, -0.1) is 0 Å². The zero-order valence-corrected chi connectivity index (χ0v) is 12.1. The molecule has 0 amide bonds. The fourth-order valence-corrected chi connectivity index (χ4v) is 1.93. The molecule has 0 saturated carbocycles. The first kappa shape index (κ1) is 14.1. The number of hydrogen-bond acceptors (Lipinski definition) is 2. The summed E-state index contributed by atoms with van der Waals surface area (Å²) < 4.78 is 5.89. The van der Waals surface area contributed by atoms with E-state index in [1.54, 1.807) is 6.07 Å². The van der Waals surface area contributed by atoms with Crippen molar-refractivity contribution in [3.05, 3.63) is 59.7 Å². The van der Waals surface area contributed by atoms with E-state index in [0.29, 0.717) is 11.3 Å². The molecule has 0 fully saturated rings. The van der Waals surface area contributed by atoms with Gasteiger partial charge in [-0.3, -0.25) is 5.41 Å². The van der Waals surface area contributed by atoms with Crippen molar-refractivity contribution in [1.29, 1.82) is 5.41 Å². The van der Waals surface area contributed by atoms with Gasteiger partial charge in [0, 0.05) is 0 Å². The van der Waals surface area contributed by atoms with Gasteiger partial charge in [-0.05, 0) is 35.2 Å². The Morgan fingerprint density at radius 1 is 1.05 bits per heavy atom. The zero-order chi connectivity index (χ0) is 14.8. The molecular weight excluding hydrogens is 248 g/mol. The van der Waals surface area contributed by atoms with Crippen LogP contribution in [0.2, 0.25) is 0 Å². The van der Waals surface area contributed by atoms with Crippen molar-refractivity contribution in [3.63, 3.8) is 0 Å². The summed E-state index contributed by atoms with van der Waals surface area (Å²) in [6.07, 6.45) is 0. The number of para-hydroxylation sites is 1. The highest BCUT2D eigenvalue weighted by Gasteiger charge is 2.14. The third-order valence-corrected chi connectivity index (χ3v) is 3.11. The third kappa shape index (κ3) is 3.18. The first-order valence-electron chi connectivity index (χ1n) is 6.60. The predicted molar refractivity (Wildman–Crippen MR) is 82.7 cm³/mol. The second-order valence-electron chi connectivity index (χ2n) is 5.79. The van der Waals surface area contributed by atoms with Crippen LogP contribution in [-0.2, 0) is 5.41 Å². The molecule has 104 valence electrons. The molecule has 0 saturated heterocycles. The van der Waals surface area contributed by atoms with Gasteiger partial charge in [0.05, 0.1) is 5.56 Å². The lowest BCUT2D eigenvalue weighted by Gasteiger charge is -2.20. The van der Waals surface area contributed by atoms with Gasteiger partial charge in [0.2, 0.25) is 0 Å². The lowest BCUT2D eigenvalue weighted by atomic mass is 9.87. The Balaban J connectivity index is 2.34. The first-order chi connectivity index (χ1) is 9.38. The van der Waals surface area contributed by atoms with E-state index < -0.39 is 0 Å². The SMILES string of the molecule is CC(C)(C)c1cccc(Oc2ccccc2C(=N)N)c1.